The fourth-order valence-corrected chi connectivity index (χ4v) is 1.54. The lowest BCUT2D eigenvalue weighted by Crippen LogP contribution is -2.36. The van der Waals surface area contributed by atoms with Gasteiger partial charge in [0.25, 0.3) is 0 Å². The number of carbonyl (C=O) groups is 2. The smallest absolute Gasteiger partial charge is 0.305 e. The van der Waals surface area contributed by atoms with E-state index in [-0.39, 0.29) is 30.5 Å². The number of nitrogens with zero attached hydrogens (tertiary/aromatic N) is 1. The van der Waals surface area contributed by atoms with E-state index < -0.39 is 17.6 Å². The van der Waals surface area contributed by atoms with Crippen LogP contribution < -0.4 is 4.90 Å². The Balaban J connectivity index is 3.03. The van der Waals surface area contributed by atoms with Gasteiger partial charge in [-0.05, 0) is 12.1 Å². The average Bonchev–Trinajstić information content (AvgIpc) is 2.33. The minimum absolute atomic E-state index is 0.0859. The molecule has 0 bridgehead atoms. The Kier molecular flexibility index (Phi) is 4.97. The van der Waals surface area contributed by atoms with Gasteiger partial charge in [0, 0.05) is 24.2 Å². The van der Waals surface area contributed by atoms with Crippen LogP contribution in [-0.4, -0.2) is 23.5 Å². The topological polar surface area (TPSA) is 57.6 Å². The predicted octanol–water partition coefficient (Wildman–Crippen LogP) is 2.43. The maximum Gasteiger partial charge on any atom is 0.305 e. The molecular formula is C13H15F2NO3. The number of carboxylic acid groups (broad SMARTS) is 1. The summed E-state index contributed by atoms with van der Waals surface area (Å²) in [5.41, 5.74) is 0.152. The van der Waals surface area contributed by atoms with Crippen molar-refractivity contribution in [2.75, 3.05) is 11.4 Å². The van der Waals surface area contributed by atoms with Crippen LogP contribution in [0.5, 0.6) is 0 Å². The van der Waals surface area contributed by atoms with Crippen LogP contribution in [0.2, 0.25) is 0 Å². The van der Waals surface area contributed by atoms with Gasteiger partial charge in [0.05, 0.1) is 6.42 Å². The van der Waals surface area contributed by atoms with Crippen LogP contribution >= 0.6 is 0 Å². The maximum absolute atomic E-state index is 13.2. The molecular weight excluding hydrogens is 256 g/mol. The van der Waals surface area contributed by atoms with Gasteiger partial charge in [-0.25, -0.2) is 8.78 Å². The first-order chi connectivity index (χ1) is 8.82. The third-order valence-corrected chi connectivity index (χ3v) is 2.52. The Morgan fingerprint density at radius 2 is 1.89 bits per heavy atom. The van der Waals surface area contributed by atoms with E-state index in [0.717, 1.165) is 17.0 Å². The highest BCUT2D eigenvalue weighted by Gasteiger charge is 2.20. The third-order valence-electron chi connectivity index (χ3n) is 2.52. The monoisotopic (exact) mass is 271 g/mol. The maximum atomic E-state index is 13.2. The zero-order valence-electron chi connectivity index (χ0n) is 10.7. The highest BCUT2D eigenvalue weighted by Crippen LogP contribution is 2.20. The highest BCUT2D eigenvalue weighted by molar-refractivity contribution is 5.95. The lowest BCUT2D eigenvalue weighted by atomic mass is 10.1. The number of anilines is 1. The summed E-state index contributed by atoms with van der Waals surface area (Å²) in [4.78, 5) is 23.7. The number of aliphatic carboxylic acids is 1. The molecule has 1 N–H and O–H groups in total. The fraction of sp³-hybridized carbons (Fsp3) is 0.385. The molecule has 104 valence electrons. The Labute approximate surface area is 109 Å². The van der Waals surface area contributed by atoms with E-state index in [4.69, 9.17) is 5.11 Å². The molecule has 0 aromatic heterocycles. The van der Waals surface area contributed by atoms with Crippen molar-refractivity contribution >= 4 is 17.6 Å². The van der Waals surface area contributed by atoms with Crippen molar-refractivity contribution in [3.63, 3.8) is 0 Å². The highest BCUT2D eigenvalue weighted by atomic mass is 19.2. The number of amides is 1. The molecule has 0 aliphatic heterocycles. The van der Waals surface area contributed by atoms with Crippen LogP contribution in [0.1, 0.15) is 20.3 Å². The first kappa shape index (κ1) is 15.1. The molecule has 1 amide bonds. The van der Waals surface area contributed by atoms with Gasteiger partial charge in [-0.3, -0.25) is 9.59 Å². The third kappa shape index (κ3) is 4.01. The molecule has 0 saturated carbocycles. The Morgan fingerprint density at radius 1 is 1.26 bits per heavy atom. The number of carboxylic acids is 1. The predicted molar refractivity (Wildman–Crippen MR) is 65.8 cm³/mol. The van der Waals surface area contributed by atoms with Gasteiger partial charge in [-0.1, -0.05) is 13.8 Å². The molecule has 0 aliphatic carbocycles. The quantitative estimate of drug-likeness (QED) is 0.894. The summed E-state index contributed by atoms with van der Waals surface area (Å²) >= 11 is 0. The van der Waals surface area contributed by atoms with Crippen LogP contribution in [0, 0.1) is 17.6 Å². The second-order valence-corrected chi connectivity index (χ2v) is 4.39. The standard InChI is InChI=1S/C13H15F2NO3/c1-8(2)13(19)16(6-5-12(17)18)9-3-4-10(14)11(15)7-9/h3-4,7-8H,5-6H2,1-2H3,(H,17,18). The molecule has 1 aromatic rings. The summed E-state index contributed by atoms with van der Waals surface area (Å²) in [6.45, 7) is 3.21. The van der Waals surface area contributed by atoms with Crippen LogP contribution in [0.25, 0.3) is 0 Å². The molecule has 0 fully saturated rings. The van der Waals surface area contributed by atoms with Crippen molar-refractivity contribution in [3.8, 4) is 0 Å². The number of rotatable bonds is 5. The summed E-state index contributed by atoms with van der Waals surface area (Å²) < 4.78 is 26.0. The van der Waals surface area contributed by atoms with Gasteiger partial charge >= 0.3 is 5.97 Å². The molecule has 1 rings (SSSR count). The Morgan fingerprint density at radius 3 is 2.37 bits per heavy atom. The number of hydrogen-bond donors (Lipinski definition) is 1. The van der Waals surface area contributed by atoms with E-state index in [2.05, 4.69) is 0 Å². The van der Waals surface area contributed by atoms with Gasteiger partial charge in [0.15, 0.2) is 11.6 Å². The summed E-state index contributed by atoms with van der Waals surface area (Å²) in [6, 6.07) is 3.05. The summed E-state index contributed by atoms with van der Waals surface area (Å²) in [6.07, 6.45) is -0.266. The largest absolute Gasteiger partial charge is 0.481 e. The van der Waals surface area contributed by atoms with Crippen molar-refractivity contribution in [2.24, 2.45) is 5.92 Å². The first-order valence-electron chi connectivity index (χ1n) is 5.81. The van der Waals surface area contributed by atoms with Crippen LogP contribution in [0.15, 0.2) is 18.2 Å². The second kappa shape index (κ2) is 6.26. The van der Waals surface area contributed by atoms with Crippen molar-refractivity contribution in [3.05, 3.63) is 29.8 Å². The average molecular weight is 271 g/mol. The Bertz CT molecular complexity index is 489. The van der Waals surface area contributed by atoms with E-state index in [1.165, 1.54) is 6.07 Å². The molecule has 6 heteroatoms. The lowest BCUT2D eigenvalue weighted by molar-refractivity contribution is -0.136. The molecule has 0 atom stereocenters. The molecule has 0 aliphatic rings. The molecule has 0 radical (unpaired) electrons. The van der Waals surface area contributed by atoms with Gasteiger partial charge in [-0.2, -0.15) is 0 Å². The first-order valence-corrected chi connectivity index (χ1v) is 5.81. The van der Waals surface area contributed by atoms with E-state index in [1.807, 2.05) is 0 Å². The van der Waals surface area contributed by atoms with Crippen molar-refractivity contribution in [2.45, 2.75) is 20.3 Å². The summed E-state index contributed by atoms with van der Waals surface area (Å²) in [5, 5.41) is 8.66. The number of carbonyl (C=O) groups excluding carboxylic acids is 1. The molecule has 0 spiro atoms. The van der Waals surface area contributed by atoms with Crippen molar-refractivity contribution in [1.82, 2.24) is 0 Å². The summed E-state index contributed by atoms with van der Waals surface area (Å²) in [7, 11) is 0. The van der Waals surface area contributed by atoms with E-state index >= 15 is 0 Å². The molecule has 0 heterocycles. The number of halogens is 2. The van der Waals surface area contributed by atoms with Crippen LogP contribution in [0.3, 0.4) is 0 Å². The van der Waals surface area contributed by atoms with Crippen LogP contribution in [0.4, 0.5) is 14.5 Å². The molecule has 19 heavy (non-hydrogen) atoms. The minimum atomic E-state index is -1.07. The number of hydrogen-bond acceptors (Lipinski definition) is 2. The lowest BCUT2D eigenvalue weighted by Gasteiger charge is -2.24. The van der Waals surface area contributed by atoms with Gasteiger partial charge in [0.2, 0.25) is 5.91 Å². The zero-order valence-corrected chi connectivity index (χ0v) is 10.7. The van der Waals surface area contributed by atoms with Crippen LogP contribution in [-0.2, 0) is 9.59 Å². The van der Waals surface area contributed by atoms with Gasteiger partial charge < -0.3 is 10.0 Å². The Hall–Kier alpha value is -1.98. The van der Waals surface area contributed by atoms with Gasteiger partial charge in [-0.15, -0.1) is 0 Å². The van der Waals surface area contributed by atoms with Crippen molar-refractivity contribution in [1.29, 1.82) is 0 Å². The fourth-order valence-electron chi connectivity index (χ4n) is 1.54. The normalized spacial score (nSPS) is 10.6. The van der Waals surface area contributed by atoms with Gasteiger partial charge in [0.1, 0.15) is 0 Å². The van der Waals surface area contributed by atoms with E-state index in [0.29, 0.717) is 0 Å². The SMILES string of the molecule is CC(C)C(=O)N(CCC(=O)O)c1ccc(F)c(F)c1. The molecule has 0 saturated heterocycles. The molecule has 1 aromatic carbocycles. The minimum Gasteiger partial charge on any atom is -0.481 e. The molecule has 0 unspecified atom stereocenters. The number of benzene rings is 1. The van der Waals surface area contributed by atoms with E-state index in [9.17, 15) is 18.4 Å². The van der Waals surface area contributed by atoms with Crippen molar-refractivity contribution < 1.29 is 23.5 Å². The van der Waals surface area contributed by atoms with E-state index in [1.54, 1.807) is 13.8 Å². The molecule has 4 nitrogen and oxygen atoms in total. The summed E-state index contributed by atoms with van der Waals surface area (Å²) in [5.74, 6) is -3.87. The second-order valence-electron chi connectivity index (χ2n) is 4.39. The zero-order chi connectivity index (χ0) is 14.6.